The van der Waals surface area contributed by atoms with E-state index in [1.165, 1.54) is 4.90 Å². The fraction of sp³-hybridized carbons (Fsp3) is 0.787. The Morgan fingerprint density at radius 3 is 2.29 bits per heavy atom. The summed E-state index contributed by atoms with van der Waals surface area (Å²) >= 11 is 0. The minimum atomic E-state index is -2.45. The highest BCUT2D eigenvalue weighted by atomic mass is 16.6. The van der Waals surface area contributed by atoms with Crippen LogP contribution in [-0.4, -0.2) is 171 Å². The van der Waals surface area contributed by atoms with Gasteiger partial charge in [-0.05, 0) is 126 Å². The number of nitrogens with zero attached hydrogens (tertiary/aromatic N) is 2. The standard InChI is InChI=1S/C61H98N2O14/c1-40-18-12-11-13-19-41(2)53(75-33-32-71-9)38-49-23-21-46(7)61(70,77-49)58(67)59(68)63-26-15-14-20-50(63)60(69)76-54(39-51(64)42(3)35-45(6)57(66)47(8)56(65)44(5)34-40)43(4)36-48-22-24-52(55(37-48)72-10)74-29-17-16-25-62-27-30-73-31-28-62/h11-13,18-19,35,40,42-44,46-50,52-55,57,66,70H,14-17,20-34,36-39H2,1-10H3/b13-11+,18-12+,41-19+,45-35+/t40-,42-,43-,44-,46-,47+,48+,49+,50?,52-,53?,54+,55-,57-,61-/m1/s1. The molecular formula is C61H98N2O14. The van der Waals surface area contributed by atoms with Crippen LogP contribution in [0.2, 0.25) is 0 Å². The topological polar surface area (TPSA) is 197 Å². The molecule has 4 heterocycles. The van der Waals surface area contributed by atoms with Gasteiger partial charge in [0.25, 0.3) is 11.7 Å². The van der Waals surface area contributed by atoms with Crippen molar-refractivity contribution >= 4 is 29.2 Å². The molecule has 5 aliphatic rings. The van der Waals surface area contributed by atoms with E-state index >= 15 is 0 Å². The average Bonchev–Trinajstić information content (AvgIpc) is 3.42. The number of ketones is 3. The van der Waals surface area contributed by atoms with Crippen molar-refractivity contribution in [1.82, 2.24) is 9.80 Å². The number of rotatable bonds is 14. The highest BCUT2D eigenvalue weighted by Crippen LogP contribution is 2.38. The molecule has 0 aromatic rings. The van der Waals surface area contributed by atoms with Gasteiger partial charge < -0.3 is 48.3 Å². The first kappa shape index (κ1) is 64.4. The number of unbranched alkanes of at least 4 members (excludes halogenated alkanes) is 1. The zero-order chi connectivity index (χ0) is 56.2. The summed E-state index contributed by atoms with van der Waals surface area (Å²) in [7, 11) is 3.31. The maximum Gasteiger partial charge on any atom is 0.329 e. The van der Waals surface area contributed by atoms with Gasteiger partial charge in [0.1, 0.15) is 23.7 Å². The molecule has 2 bridgehead atoms. The molecule has 0 radical (unpaired) electrons. The Bertz CT molecular complexity index is 2020. The van der Waals surface area contributed by atoms with Crippen molar-refractivity contribution in [1.29, 1.82) is 0 Å². The normalized spacial score (nSPS) is 37.4. The molecule has 0 spiro atoms. The summed E-state index contributed by atoms with van der Waals surface area (Å²) in [5, 5.41) is 23.7. The fourth-order valence-corrected chi connectivity index (χ4v) is 12.1. The molecule has 1 saturated carbocycles. The van der Waals surface area contributed by atoms with Gasteiger partial charge in [0.15, 0.2) is 0 Å². The van der Waals surface area contributed by atoms with E-state index in [-0.39, 0.29) is 66.8 Å². The summed E-state index contributed by atoms with van der Waals surface area (Å²) < 4.78 is 42.2. The first-order valence-corrected chi connectivity index (χ1v) is 29.2. The zero-order valence-corrected chi connectivity index (χ0v) is 48.5. The van der Waals surface area contributed by atoms with Crippen molar-refractivity contribution in [3.8, 4) is 0 Å². The van der Waals surface area contributed by atoms with Crippen LogP contribution in [0.4, 0.5) is 0 Å². The van der Waals surface area contributed by atoms with Gasteiger partial charge in [-0.2, -0.15) is 0 Å². The van der Waals surface area contributed by atoms with Gasteiger partial charge in [0.2, 0.25) is 5.79 Å². The van der Waals surface area contributed by atoms with Crippen molar-refractivity contribution in [3.05, 3.63) is 47.6 Å². The summed E-state index contributed by atoms with van der Waals surface area (Å²) in [6, 6.07) is -1.13. The maximum absolute atomic E-state index is 14.7. The summed E-state index contributed by atoms with van der Waals surface area (Å²) in [5.41, 5.74) is 1.38. The smallest absolute Gasteiger partial charge is 0.329 e. The molecule has 3 saturated heterocycles. The van der Waals surface area contributed by atoms with E-state index in [0.717, 1.165) is 70.5 Å². The van der Waals surface area contributed by atoms with E-state index in [2.05, 4.69) is 4.90 Å². The van der Waals surface area contributed by atoms with Crippen LogP contribution in [0.1, 0.15) is 145 Å². The number of amides is 1. The first-order valence-electron chi connectivity index (χ1n) is 29.2. The van der Waals surface area contributed by atoms with Gasteiger partial charge in [-0.1, -0.05) is 78.0 Å². The molecule has 2 N–H and O–H groups in total. The van der Waals surface area contributed by atoms with Crippen LogP contribution in [0.15, 0.2) is 47.6 Å². The lowest BCUT2D eigenvalue weighted by atomic mass is 9.78. The summed E-state index contributed by atoms with van der Waals surface area (Å²) in [5.74, 6) is -8.09. The Labute approximate surface area is 461 Å². The van der Waals surface area contributed by atoms with Crippen molar-refractivity contribution in [3.63, 3.8) is 0 Å². The molecule has 0 aromatic carbocycles. The van der Waals surface area contributed by atoms with Crippen LogP contribution in [-0.2, 0) is 57.1 Å². The Morgan fingerprint density at radius 1 is 0.805 bits per heavy atom. The third-order valence-corrected chi connectivity index (χ3v) is 17.2. The Balaban J connectivity index is 1.39. The number of cyclic esters (lactones) is 1. The first-order chi connectivity index (χ1) is 36.8. The molecule has 4 fully saturated rings. The number of aliphatic hydroxyl groups excluding tert-OH is 1. The van der Waals surface area contributed by atoms with Crippen LogP contribution in [0.3, 0.4) is 0 Å². The van der Waals surface area contributed by atoms with Gasteiger partial charge in [-0.3, -0.25) is 24.1 Å². The number of carbonyl (C=O) groups excluding carboxylic acids is 5. The molecule has 1 aliphatic carbocycles. The summed E-state index contributed by atoms with van der Waals surface area (Å²) in [6.07, 6.45) is 16.2. The quantitative estimate of drug-likeness (QED) is 0.0735. The Kier molecular flexibility index (Phi) is 26.8. The van der Waals surface area contributed by atoms with Gasteiger partial charge in [-0.15, -0.1) is 0 Å². The number of carbonyl (C=O) groups is 5. The second-order valence-corrected chi connectivity index (χ2v) is 23.4. The molecule has 1 amide bonds. The number of esters is 1. The SMILES string of the molecule is COCCOC1C[C@@H]2CC[C@@H](C)[C@@](O)(O2)C(=O)C(=O)N2CCCCC2C(=O)O[C@H]([C@H](C)C[C@@H]2CC[C@@H](OCCCCN3CCOCC3)[C@H](OC)C2)CC(=O)[C@H](C)/C=C(\C)[C@@H](O)[C@@H](C)C(=O)[C@H](C)C[C@H](C)/C=C/C=C/C=C/1C. The van der Waals surface area contributed by atoms with Crippen LogP contribution in [0.5, 0.6) is 0 Å². The van der Waals surface area contributed by atoms with Gasteiger partial charge in [-0.25, -0.2) is 4.79 Å². The maximum atomic E-state index is 14.7. The molecule has 0 aromatic heterocycles. The van der Waals surface area contributed by atoms with Crippen LogP contribution < -0.4 is 0 Å². The molecule has 436 valence electrons. The number of hydrogen-bond donors (Lipinski definition) is 2. The third kappa shape index (κ3) is 19.1. The number of morpholine rings is 1. The Hall–Kier alpha value is -3.45. The van der Waals surface area contributed by atoms with Crippen LogP contribution in [0, 0.1) is 41.4 Å². The summed E-state index contributed by atoms with van der Waals surface area (Å²) in [6.45, 7) is 20.7. The number of hydrogen-bond acceptors (Lipinski definition) is 15. The molecule has 4 aliphatic heterocycles. The van der Waals surface area contributed by atoms with Crippen molar-refractivity contribution in [2.75, 3.05) is 73.4 Å². The van der Waals surface area contributed by atoms with Crippen LogP contribution >= 0.6 is 0 Å². The average molecular weight is 1080 g/mol. The van der Waals surface area contributed by atoms with Gasteiger partial charge >= 0.3 is 5.97 Å². The van der Waals surface area contributed by atoms with E-state index in [0.29, 0.717) is 70.3 Å². The lowest BCUT2D eigenvalue weighted by Crippen LogP contribution is -2.61. The van der Waals surface area contributed by atoms with Gasteiger partial charge in [0, 0.05) is 77.0 Å². The number of methoxy groups -OCH3 is 2. The minimum absolute atomic E-state index is 0.0396. The minimum Gasteiger partial charge on any atom is -0.460 e. The van der Waals surface area contributed by atoms with Crippen LogP contribution in [0.25, 0.3) is 0 Å². The number of Topliss-reactive ketones (excluding diaryl/α,β-unsaturated/α-hetero) is 3. The summed E-state index contributed by atoms with van der Waals surface area (Å²) in [4.78, 5) is 75.4. The second kappa shape index (κ2) is 32.1. The highest BCUT2D eigenvalue weighted by molar-refractivity contribution is 6.39. The van der Waals surface area contributed by atoms with E-state index < -0.39 is 71.7 Å². The largest absolute Gasteiger partial charge is 0.460 e. The molecule has 15 atom stereocenters. The lowest BCUT2D eigenvalue weighted by Gasteiger charge is -2.43. The van der Waals surface area contributed by atoms with E-state index in [9.17, 15) is 34.2 Å². The number of fused-ring (bicyclic) bond motifs is 3. The molecule has 77 heavy (non-hydrogen) atoms. The zero-order valence-electron chi connectivity index (χ0n) is 48.5. The number of piperidine rings is 1. The van der Waals surface area contributed by atoms with Crippen molar-refractivity contribution < 1.29 is 67.3 Å². The third-order valence-electron chi connectivity index (χ3n) is 17.2. The van der Waals surface area contributed by atoms with Crippen molar-refractivity contribution in [2.24, 2.45) is 41.4 Å². The molecule has 2 unspecified atom stereocenters. The molecule has 5 rings (SSSR count). The van der Waals surface area contributed by atoms with Crippen molar-refractivity contribution in [2.45, 2.75) is 194 Å². The fourth-order valence-electron chi connectivity index (χ4n) is 12.1. The molecule has 16 heteroatoms. The highest BCUT2D eigenvalue weighted by Gasteiger charge is 2.53. The Morgan fingerprint density at radius 2 is 1.56 bits per heavy atom. The molecule has 16 nitrogen and oxygen atoms in total. The predicted molar refractivity (Wildman–Crippen MR) is 295 cm³/mol. The number of aliphatic hydroxyl groups is 2. The molecular weight excluding hydrogens is 985 g/mol. The number of allylic oxidation sites excluding steroid dienone is 6. The lowest BCUT2D eigenvalue weighted by molar-refractivity contribution is -0.266. The monoisotopic (exact) mass is 1080 g/mol. The van der Waals surface area contributed by atoms with Gasteiger partial charge in [0.05, 0.1) is 56.9 Å². The van der Waals surface area contributed by atoms with E-state index in [4.69, 9.17) is 33.2 Å². The van der Waals surface area contributed by atoms with E-state index in [1.54, 1.807) is 48.0 Å². The second-order valence-electron chi connectivity index (χ2n) is 23.4. The van der Waals surface area contributed by atoms with E-state index in [1.807, 2.05) is 58.1 Å². The predicted octanol–water partition coefficient (Wildman–Crippen LogP) is 7.96. The number of ether oxygens (including phenoxy) is 7.